The van der Waals surface area contributed by atoms with Crippen LogP contribution in [-0.2, 0) is 6.54 Å². The van der Waals surface area contributed by atoms with E-state index in [1.165, 1.54) is 23.3 Å². The van der Waals surface area contributed by atoms with E-state index in [1.807, 2.05) is 23.5 Å². The SMILES string of the molecule is Cc1ccsc1CNC1CCCN(c2cccnn2)C1. The Morgan fingerprint density at radius 2 is 2.40 bits per heavy atom. The largest absolute Gasteiger partial charge is 0.354 e. The summed E-state index contributed by atoms with van der Waals surface area (Å²) in [7, 11) is 0. The normalized spacial score (nSPS) is 19.2. The van der Waals surface area contributed by atoms with E-state index in [2.05, 4.69) is 38.8 Å². The van der Waals surface area contributed by atoms with E-state index in [1.54, 1.807) is 6.20 Å². The van der Waals surface area contributed by atoms with Crippen LogP contribution in [0.5, 0.6) is 0 Å². The Bertz CT molecular complexity index is 540. The highest BCUT2D eigenvalue weighted by atomic mass is 32.1. The molecular formula is C15H20N4S. The molecule has 1 atom stereocenters. The third-order valence-electron chi connectivity index (χ3n) is 3.82. The predicted octanol–water partition coefficient (Wildman–Crippen LogP) is 2.61. The molecule has 1 N–H and O–H groups in total. The molecular weight excluding hydrogens is 268 g/mol. The van der Waals surface area contributed by atoms with Crippen LogP contribution in [0.25, 0.3) is 0 Å². The summed E-state index contributed by atoms with van der Waals surface area (Å²) in [4.78, 5) is 3.77. The van der Waals surface area contributed by atoms with Gasteiger partial charge in [0, 0.05) is 36.8 Å². The molecule has 1 fully saturated rings. The van der Waals surface area contributed by atoms with Crippen LogP contribution in [0, 0.1) is 6.92 Å². The van der Waals surface area contributed by atoms with E-state index in [-0.39, 0.29) is 0 Å². The number of anilines is 1. The fourth-order valence-electron chi connectivity index (χ4n) is 2.64. The molecule has 5 heteroatoms. The lowest BCUT2D eigenvalue weighted by Crippen LogP contribution is -2.45. The molecule has 1 unspecified atom stereocenters. The second-order valence-electron chi connectivity index (χ2n) is 5.27. The molecule has 0 aliphatic carbocycles. The lowest BCUT2D eigenvalue weighted by atomic mass is 10.1. The third kappa shape index (κ3) is 3.16. The van der Waals surface area contributed by atoms with Crippen molar-refractivity contribution in [3.63, 3.8) is 0 Å². The molecule has 0 bridgehead atoms. The van der Waals surface area contributed by atoms with Crippen molar-refractivity contribution in [2.24, 2.45) is 0 Å². The van der Waals surface area contributed by atoms with Crippen molar-refractivity contribution < 1.29 is 0 Å². The van der Waals surface area contributed by atoms with Crippen LogP contribution in [-0.4, -0.2) is 29.3 Å². The Balaban J connectivity index is 1.57. The number of piperidine rings is 1. The zero-order chi connectivity index (χ0) is 13.8. The molecule has 1 aliphatic heterocycles. The second kappa shape index (κ2) is 6.33. The van der Waals surface area contributed by atoms with E-state index in [0.717, 1.165) is 25.5 Å². The van der Waals surface area contributed by atoms with E-state index in [0.29, 0.717) is 6.04 Å². The zero-order valence-corrected chi connectivity index (χ0v) is 12.6. The van der Waals surface area contributed by atoms with E-state index < -0.39 is 0 Å². The molecule has 2 aromatic rings. The van der Waals surface area contributed by atoms with Crippen LogP contribution in [0.4, 0.5) is 5.82 Å². The highest BCUT2D eigenvalue weighted by Gasteiger charge is 2.20. The lowest BCUT2D eigenvalue weighted by molar-refractivity contribution is 0.420. The summed E-state index contributed by atoms with van der Waals surface area (Å²) in [6.45, 7) is 5.25. The third-order valence-corrected chi connectivity index (χ3v) is 4.85. The molecule has 1 saturated heterocycles. The smallest absolute Gasteiger partial charge is 0.151 e. The van der Waals surface area contributed by atoms with E-state index in [9.17, 15) is 0 Å². The van der Waals surface area contributed by atoms with Crippen molar-refractivity contribution in [2.75, 3.05) is 18.0 Å². The number of nitrogens with zero attached hydrogens (tertiary/aromatic N) is 3. The standard InChI is InChI=1S/C15H20N4S/c1-12-6-9-20-14(12)10-16-13-4-3-8-19(11-13)15-5-2-7-17-18-15/h2,5-7,9,13,16H,3-4,8,10-11H2,1H3. The number of hydrogen-bond donors (Lipinski definition) is 1. The first kappa shape index (κ1) is 13.5. The monoisotopic (exact) mass is 288 g/mol. The maximum Gasteiger partial charge on any atom is 0.151 e. The molecule has 0 aromatic carbocycles. The topological polar surface area (TPSA) is 41.0 Å². The number of thiophene rings is 1. The van der Waals surface area contributed by atoms with Crippen LogP contribution in [0.2, 0.25) is 0 Å². The first-order valence-electron chi connectivity index (χ1n) is 7.12. The number of aromatic nitrogens is 2. The molecule has 0 amide bonds. The van der Waals surface area contributed by atoms with Gasteiger partial charge in [0.15, 0.2) is 5.82 Å². The van der Waals surface area contributed by atoms with Gasteiger partial charge in [-0.25, -0.2) is 0 Å². The summed E-state index contributed by atoms with van der Waals surface area (Å²) in [6.07, 6.45) is 4.17. The van der Waals surface area contributed by atoms with Crippen molar-refractivity contribution in [1.29, 1.82) is 0 Å². The second-order valence-corrected chi connectivity index (χ2v) is 6.28. The maximum atomic E-state index is 4.21. The Labute approximate surface area is 123 Å². The average molecular weight is 288 g/mol. The van der Waals surface area contributed by atoms with Gasteiger partial charge in [0.1, 0.15) is 0 Å². The van der Waals surface area contributed by atoms with Crippen molar-refractivity contribution in [1.82, 2.24) is 15.5 Å². The van der Waals surface area contributed by atoms with Gasteiger partial charge >= 0.3 is 0 Å². The molecule has 0 saturated carbocycles. The summed E-state index contributed by atoms with van der Waals surface area (Å²) < 4.78 is 0. The van der Waals surface area contributed by atoms with Crippen molar-refractivity contribution in [3.05, 3.63) is 40.2 Å². The van der Waals surface area contributed by atoms with Gasteiger partial charge in [-0.05, 0) is 48.9 Å². The number of rotatable bonds is 4. The highest BCUT2D eigenvalue weighted by Crippen LogP contribution is 2.19. The predicted molar refractivity (Wildman–Crippen MR) is 83.2 cm³/mol. The van der Waals surface area contributed by atoms with Crippen molar-refractivity contribution >= 4 is 17.2 Å². The van der Waals surface area contributed by atoms with Crippen molar-refractivity contribution in [2.45, 2.75) is 32.4 Å². The molecule has 3 heterocycles. The summed E-state index contributed by atoms with van der Waals surface area (Å²) in [5.74, 6) is 0.992. The Morgan fingerprint density at radius 3 is 3.15 bits per heavy atom. The van der Waals surface area contributed by atoms with E-state index in [4.69, 9.17) is 0 Å². The number of hydrogen-bond acceptors (Lipinski definition) is 5. The van der Waals surface area contributed by atoms with Crippen LogP contribution < -0.4 is 10.2 Å². The van der Waals surface area contributed by atoms with Gasteiger partial charge in [-0.1, -0.05) is 0 Å². The zero-order valence-electron chi connectivity index (χ0n) is 11.7. The van der Waals surface area contributed by atoms with Gasteiger partial charge in [-0.2, -0.15) is 5.10 Å². The minimum absolute atomic E-state index is 0.534. The van der Waals surface area contributed by atoms with Gasteiger partial charge < -0.3 is 10.2 Å². The van der Waals surface area contributed by atoms with Gasteiger partial charge in [-0.3, -0.25) is 0 Å². The summed E-state index contributed by atoms with van der Waals surface area (Å²) in [5, 5.41) is 14.0. The van der Waals surface area contributed by atoms with Crippen LogP contribution >= 0.6 is 11.3 Å². The molecule has 0 radical (unpaired) electrons. The summed E-state index contributed by atoms with van der Waals surface area (Å²) in [5.41, 5.74) is 1.39. The fraction of sp³-hybridized carbons (Fsp3) is 0.467. The molecule has 20 heavy (non-hydrogen) atoms. The Kier molecular flexibility index (Phi) is 4.28. The van der Waals surface area contributed by atoms with Gasteiger partial charge in [0.25, 0.3) is 0 Å². The summed E-state index contributed by atoms with van der Waals surface area (Å²) in [6, 6.07) is 6.72. The first-order chi connectivity index (χ1) is 9.83. The van der Waals surface area contributed by atoms with Crippen LogP contribution in [0.3, 0.4) is 0 Å². The molecule has 3 rings (SSSR count). The number of nitrogens with one attached hydrogen (secondary N) is 1. The lowest BCUT2D eigenvalue weighted by Gasteiger charge is -2.33. The Morgan fingerprint density at radius 1 is 1.45 bits per heavy atom. The van der Waals surface area contributed by atoms with Gasteiger partial charge in [0.05, 0.1) is 0 Å². The van der Waals surface area contributed by atoms with E-state index >= 15 is 0 Å². The minimum atomic E-state index is 0.534. The minimum Gasteiger partial charge on any atom is -0.354 e. The summed E-state index contributed by atoms with van der Waals surface area (Å²) >= 11 is 1.84. The van der Waals surface area contributed by atoms with Gasteiger partial charge in [-0.15, -0.1) is 16.4 Å². The number of aryl methyl sites for hydroxylation is 1. The molecule has 0 spiro atoms. The fourth-order valence-corrected chi connectivity index (χ4v) is 3.49. The molecule has 1 aliphatic rings. The first-order valence-corrected chi connectivity index (χ1v) is 8.00. The molecule has 2 aromatic heterocycles. The van der Waals surface area contributed by atoms with Crippen LogP contribution in [0.1, 0.15) is 23.3 Å². The van der Waals surface area contributed by atoms with Crippen LogP contribution in [0.15, 0.2) is 29.8 Å². The average Bonchev–Trinajstić information content (AvgIpc) is 2.92. The van der Waals surface area contributed by atoms with Gasteiger partial charge in [0.2, 0.25) is 0 Å². The quantitative estimate of drug-likeness (QED) is 0.939. The molecule has 4 nitrogen and oxygen atoms in total. The van der Waals surface area contributed by atoms with Crippen molar-refractivity contribution in [3.8, 4) is 0 Å². The molecule has 106 valence electrons. The highest BCUT2D eigenvalue weighted by molar-refractivity contribution is 7.10. The maximum absolute atomic E-state index is 4.21. The Hall–Kier alpha value is -1.46.